The van der Waals surface area contributed by atoms with Crippen LogP contribution in [0.4, 0.5) is 5.69 Å². The summed E-state index contributed by atoms with van der Waals surface area (Å²) in [5, 5.41) is 22.1. The first-order chi connectivity index (χ1) is 16.4. The second kappa shape index (κ2) is 8.28. The van der Waals surface area contributed by atoms with Gasteiger partial charge in [-0.2, -0.15) is 0 Å². The minimum absolute atomic E-state index is 0.0322. The number of aromatic amines is 1. The molecule has 3 N–H and O–H groups in total. The fraction of sp³-hybridized carbons (Fsp3) is 0.0769. The van der Waals surface area contributed by atoms with E-state index < -0.39 is 17.7 Å². The lowest BCUT2D eigenvalue weighted by molar-refractivity contribution is -0.132. The van der Waals surface area contributed by atoms with Crippen molar-refractivity contribution in [2.75, 3.05) is 12.0 Å². The molecule has 1 fully saturated rings. The van der Waals surface area contributed by atoms with E-state index in [0.717, 1.165) is 5.52 Å². The number of carbonyl (C=O) groups is 2. The van der Waals surface area contributed by atoms with Crippen LogP contribution in [0.25, 0.3) is 16.7 Å². The molecule has 0 saturated carbocycles. The molecule has 1 aromatic heterocycles. The van der Waals surface area contributed by atoms with E-state index >= 15 is 0 Å². The number of rotatable bonds is 4. The smallest absolute Gasteiger partial charge is 0.300 e. The van der Waals surface area contributed by atoms with Crippen LogP contribution in [0.15, 0.2) is 78.5 Å². The third-order valence-electron chi connectivity index (χ3n) is 5.91. The normalized spacial score (nSPS) is 17.5. The molecule has 0 bridgehead atoms. The maximum absolute atomic E-state index is 13.3. The lowest BCUT2D eigenvalue weighted by atomic mass is 9.95. The van der Waals surface area contributed by atoms with E-state index in [-0.39, 0.29) is 22.1 Å². The predicted molar refractivity (Wildman–Crippen MR) is 129 cm³/mol. The highest BCUT2D eigenvalue weighted by Crippen LogP contribution is 2.44. The number of hydrogen-bond donors (Lipinski definition) is 3. The first kappa shape index (κ1) is 21.6. The molecule has 4 aromatic rings. The first-order valence-corrected chi connectivity index (χ1v) is 10.8. The number of ether oxygens (including phenoxy) is 1. The van der Waals surface area contributed by atoms with E-state index in [1.54, 1.807) is 30.5 Å². The van der Waals surface area contributed by atoms with Crippen molar-refractivity contribution in [3.63, 3.8) is 0 Å². The van der Waals surface area contributed by atoms with Gasteiger partial charge in [-0.25, -0.2) is 0 Å². The van der Waals surface area contributed by atoms with Crippen molar-refractivity contribution < 1.29 is 24.5 Å². The minimum Gasteiger partial charge on any atom is -0.508 e. The van der Waals surface area contributed by atoms with E-state index in [2.05, 4.69) is 4.98 Å². The van der Waals surface area contributed by atoms with Gasteiger partial charge in [0.25, 0.3) is 11.7 Å². The van der Waals surface area contributed by atoms with Gasteiger partial charge in [-0.3, -0.25) is 14.5 Å². The van der Waals surface area contributed by atoms with Gasteiger partial charge < -0.3 is 19.9 Å². The molecule has 1 unspecified atom stereocenters. The molecule has 2 heterocycles. The van der Waals surface area contributed by atoms with Crippen molar-refractivity contribution in [3.8, 4) is 11.5 Å². The van der Waals surface area contributed by atoms with Gasteiger partial charge in [-0.15, -0.1) is 0 Å². The van der Waals surface area contributed by atoms with Crippen LogP contribution in [0.1, 0.15) is 17.2 Å². The molecule has 170 valence electrons. The Morgan fingerprint density at radius 3 is 2.50 bits per heavy atom. The number of ketones is 1. The molecule has 5 rings (SSSR count). The molecule has 7 nitrogen and oxygen atoms in total. The maximum atomic E-state index is 13.3. The number of methoxy groups -OCH3 is 1. The Kier molecular flexibility index (Phi) is 5.26. The van der Waals surface area contributed by atoms with Crippen molar-refractivity contribution in [1.29, 1.82) is 0 Å². The highest BCUT2D eigenvalue weighted by Gasteiger charge is 2.47. The van der Waals surface area contributed by atoms with Crippen LogP contribution in [0, 0.1) is 0 Å². The van der Waals surface area contributed by atoms with E-state index in [4.69, 9.17) is 16.3 Å². The summed E-state index contributed by atoms with van der Waals surface area (Å²) in [5.41, 5.74) is 2.02. The average Bonchev–Trinajstić information content (AvgIpc) is 3.38. The zero-order valence-corrected chi connectivity index (χ0v) is 18.7. The second-order valence-corrected chi connectivity index (χ2v) is 8.23. The number of aliphatic hydroxyl groups excluding tert-OH is 1. The highest BCUT2D eigenvalue weighted by molar-refractivity contribution is 6.52. The average molecular weight is 475 g/mol. The molecule has 1 amide bonds. The number of anilines is 1. The largest absolute Gasteiger partial charge is 0.508 e. The number of phenols is 1. The number of benzene rings is 3. The van der Waals surface area contributed by atoms with Crippen LogP contribution in [0.5, 0.6) is 11.5 Å². The number of nitrogens with one attached hydrogen (secondary N) is 1. The molecule has 0 radical (unpaired) electrons. The maximum Gasteiger partial charge on any atom is 0.300 e. The number of hydrogen-bond acceptors (Lipinski definition) is 5. The van der Waals surface area contributed by atoms with E-state index in [1.165, 1.54) is 30.2 Å². The Morgan fingerprint density at radius 2 is 1.79 bits per heavy atom. The topological polar surface area (TPSA) is 103 Å². The number of carbonyl (C=O) groups excluding carboxylic acids is 2. The van der Waals surface area contributed by atoms with Crippen LogP contribution >= 0.6 is 11.6 Å². The van der Waals surface area contributed by atoms with Gasteiger partial charge in [0.05, 0.1) is 23.7 Å². The monoisotopic (exact) mass is 474 g/mol. The van der Waals surface area contributed by atoms with E-state index in [0.29, 0.717) is 28.0 Å². The van der Waals surface area contributed by atoms with Crippen molar-refractivity contribution in [2.45, 2.75) is 6.04 Å². The molecule has 1 aliphatic heterocycles. The molecule has 1 aliphatic rings. The highest BCUT2D eigenvalue weighted by atomic mass is 35.5. The third kappa shape index (κ3) is 3.38. The fourth-order valence-corrected chi connectivity index (χ4v) is 4.54. The lowest BCUT2D eigenvalue weighted by Crippen LogP contribution is -2.29. The Morgan fingerprint density at radius 1 is 1.06 bits per heavy atom. The summed E-state index contributed by atoms with van der Waals surface area (Å²) in [4.78, 5) is 30.9. The van der Waals surface area contributed by atoms with Crippen LogP contribution < -0.4 is 9.64 Å². The second-order valence-electron chi connectivity index (χ2n) is 7.83. The quantitative estimate of drug-likeness (QED) is 0.215. The number of para-hydroxylation sites is 1. The fourth-order valence-electron chi connectivity index (χ4n) is 4.29. The van der Waals surface area contributed by atoms with Crippen LogP contribution in [-0.2, 0) is 9.59 Å². The molecule has 34 heavy (non-hydrogen) atoms. The van der Waals surface area contributed by atoms with Gasteiger partial charge >= 0.3 is 0 Å². The zero-order chi connectivity index (χ0) is 24.0. The van der Waals surface area contributed by atoms with E-state index in [9.17, 15) is 19.8 Å². The number of aromatic nitrogens is 1. The molecule has 3 aromatic carbocycles. The van der Waals surface area contributed by atoms with Gasteiger partial charge in [0.2, 0.25) is 0 Å². The molecule has 0 aliphatic carbocycles. The molecule has 1 atom stereocenters. The number of halogens is 1. The third-order valence-corrected chi connectivity index (χ3v) is 6.21. The summed E-state index contributed by atoms with van der Waals surface area (Å²) in [6, 6.07) is 17.3. The molecule has 8 heteroatoms. The summed E-state index contributed by atoms with van der Waals surface area (Å²) in [6.45, 7) is 0. The summed E-state index contributed by atoms with van der Waals surface area (Å²) in [7, 11) is 1.48. The number of H-pyrrole nitrogens is 1. The SMILES string of the molecule is COc1ccc(N2C(=O)C(=O)/C(=C(\O)c3c[nH]c4ccccc34)C2c2ccc(O)cc2)cc1Cl. The van der Waals surface area contributed by atoms with Crippen molar-refractivity contribution >= 4 is 45.6 Å². The van der Waals surface area contributed by atoms with Gasteiger partial charge in [-0.1, -0.05) is 41.9 Å². The zero-order valence-electron chi connectivity index (χ0n) is 17.9. The van der Waals surface area contributed by atoms with Gasteiger partial charge in [0.15, 0.2) is 0 Å². The number of phenolic OH excluding ortho intramolecular Hbond substituents is 1. The lowest BCUT2D eigenvalue weighted by Gasteiger charge is -2.26. The summed E-state index contributed by atoms with van der Waals surface area (Å²) in [5.74, 6) is -1.48. The minimum atomic E-state index is -0.946. The van der Waals surface area contributed by atoms with E-state index in [1.807, 2.05) is 24.3 Å². The summed E-state index contributed by atoms with van der Waals surface area (Å²) >= 11 is 6.31. The standard InChI is InChI=1S/C26H19ClN2O5/c1-34-21-11-8-15(12-19(21)27)29-23(14-6-9-16(30)10-7-14)22(25(32)26(29)33)24(31)18-13-28-20-5-3-2-4-17(18)20/h2-13,23,28,30-31H,1H3/b24-22-. The Balaban J connectivity index is 1.74. The number of amides is 1. The Labute approximate surface area is 199 Å². The number of fused-ring (bicyclic) bond motifs is 1. The molecular weight excluding hydrogens is 456 g/mol. The Bertz CT molecular complexity index is 1470. The molecular formula is C26H19ClN2O5. The van der Waals surface area contributed by atoms with Gasteiger partial charge in [0, 0.05) is 28.4 Å². The van der Waals surface area contributed by atoms with Crippen molar-refractivity contribution in [1.82, 2.24) is 4.98 Å². The van der Waals surface area contributed by atoms with Crippen molar-refractivity contribution in [2.24, 2.45) is 0 Å². The Hall–Kier alpha value is -4.23. The number of aliphatic hydroxyl groups is 1. The molecule has 0 spiro atoms. The predicted octanol–water partition coefficient (Wildman–Crippen LogP) is 5.16. The van der Waals surface area contributed by atoms with Gasteiger partial charge in [-0.05, 0) is 42.0 Å². The van der Waals surface area contributed by atoms with Crippen LogP contribution in [-0.4, -0.2) is 34.0 Å². The number of nitrogens with zero attached hydrogens (tertiary/aromatic N) is 1. The first-order valence-electron chi connectivity index (χ1n) is 10.4. The summed E-state index contributed by atoms with van der Waals surface area (Å²) < 4.78 is 5.20. The summed E-state index contributed by atoms with van der Waals surface area (Å²) in [6.07, 6.45) is 1.60. The van der Waals surface area contributed by atoms with Gasteiger partial charge in [0.1, 0.15) is 17.3 Å². The number of Topliss-reactive ketones (excluding diaryl/α,β-unsaturated/α-hetero) is 1. The van der Waals surface area contributed by atoms with Crippen LogP contribution in [0.2, 0.25) is 5.02 Å². The van der Waals surface area contributed by atoms with Crippen LogP contribution in [0.3, 0.4) is 0 Å². The molecule has 1 saturated heterocycles. The number of aromatic hydroxyl groups is 1. The van der Waals surface area contributed by atoms with Crippen molar-refractivity contribution in [3.05, 3.63) is 94.6 Å².